The van der Waals surface area contributed by atoms with Gasteiger partial charge in [0.05, 0.1) is 11.4 Å². The van der Waals surface area contributed by atoms with E-state index in [-0.39, 0.29) is 0 Å². The molecule has 2 aromatic rings. The lowest BCUT2D eigenvalue weighted by atomic mass is 10.1. The molecule has 1 atom stereocenters. The van der Waals surface area contributed by atoms with Crippen LogP contribution < -0.4 is 14.2 Å². The van der Waals surface area contributed by atoms with Crippen molar-refractivity contribution in [1.82, 2.24) is 0 Å². The molecule has 182 valence electrons. The van der Waals surface area contributed by atoms with Crippen LogP contribution in [0.4, 0.5) is 0 Å². The lowest BCUT2D eigenvalue weighted by molar-refractivity contribution is -0.145. The molecule has 35 heavy (non-hydrogen) atoms. The summed E-state index contributed by atoms with van der Waals surface area (Å²) in [4.78, 5) is 16.0. The van der Waals surface area contributed by atoms with Gasteiger partial charge in [0.1, 0.15) is 30.5 Å². The monoisotopic (exact) mass is 473 g/mol. The highest BCUT2D eigenvalue weighted by atomic mass is 16.5. The Labute approximate surface area is 206 Å². The van der Waals surface area contributed by atoms with Crippen molar-refractivity contribution in [3.63, 3.8) is 0 Å². The summed E-state index contributed by atoms with van der Waals surface area (Å²) in [6, 6.07) is 14.7. The van der Waals surface area contributed by atoms with Crippen molar-refractivity contribution < 1.29 is 24.1 Å². The van der Waals surface area contributed by atoms with Crippen molar-refractivity contribution in [2.75, 3.05) is 6.61 Å². The van der Waals surface area contributed by atoms with E-state index in [9.17, 15) is 9.90 Å². The first-order valence-electron chi connectivity index (χ1n) is 11.6. The molecule has 0 aliphatic carbocycles. The number of benzene rings is 2. The van der Waals surface area contributed by atoms with Crippen LogP contribution in [0, 0.1) is 0 Å². The van der Waals surface area contributed by atoms with E-state index in [1.165, 1.54) is 0 Å². The number of nitrogens with zero attached hydrogens (tertiary/aromatic N) is 1. The average molecular weight is 474 g/mol. The zero-order chi connectivity index (χ0) is 25.0. The van der Waals surface area contributed by atoms with Crippen molar-refractivity contribution in [3.05, 3.63) is 103 Å². The summed E-state index contributed by atoms with van der Waals surface area (Å²) in [5.41, 5.74) is 3.49. The van der Waals surface area contributed by atoms with Crippen LogP contribution in [0.2, 0.25) is 0 Å². The van der Waals surface area contributed by atoms with Gasteiger partial charge in [-0.2, -0.15) is 0 Å². The standard InChI is InChI=1S/C29H31NO5/c1-4-10-28(29(31)32)35-26-16-7-11-21(17-26)19-33-24-14-9-15-25(18-24)34-20-23-13-8-12-22(5-2)27(6-3)30-23/h5-9,11,13-18,28H,2-4,10,12,19-20H2,1H3,(H,31,32). The maximum absolute atomic E-state index is 11.4. The number of carboxylic acid groups (broad SMARTS) is 1. The third-order valence-corrected chi connectivity index (χ3v) is 5.28. The third-order valence-electron chi connectivity index (χ3n) is 5.28. The number of carbonyl (C=O) groups is 1. The van der Waals surface area contributed by atoms with Gasteiger partial charge in [0.15, 0.2) is 6.10 Å². The van der Waals surface area contributed by atoms with Crippen LogP contribution in [-0.4, -0.2) is 29.5 Å². The first kappa shape index (κ1) is 25.6. The molecule has 3 rings (SSSR count). The van der Waals surface area contributed by atoms with Crippen LogP contribution in [0.25, 0.3) is 0 Å². The third kappa shape index (κ3) is 7.74. The molecular weight excluding hydrogens is 442 g/mol. The quantitative estimate of drug-likeness (QED) is 0.369. The second-order valence-corrected chi connectivity index (χ2v) is 7.96. The number of hydrogen-bond acceptors (Lipinski definition) is 5. The summed E-state index contributed by atoms with van der Waals surface area (Å²) in [5, 5.41) is 9.32. The fraction of sp³-hybridized carbons (Fsp3) is 0.241. The lowest BCUT2D eigenvalue weighted by Gasteiger charge is -2.15. The molecule has 1 N–H and O–H groups in total. The van der Waals surface area contributed by atoms with E-state index in [1.807, 2.05) is 55.5 Å². The summed E-state index contributed by atoms with van der Waals surface area (Å²) < 4.78 is 17.5. The predicted molar refractivity (Wildman–Crippen MR) is 138 cm³/mol. The zero-order valence-corrected chi connectivity index (χ0v) is 20.0. The Balaban J connectivity index is 1.60. The second kappa shape index (κ2) is 13.0. The number of rotatable bonds is 13. The molecular formula is C29H31NO5. The molecule has 0 radical (unpaired) electrons. The minimum atomic E-state index is -0.964. The molecule has 0 spiro atoms. The van der Waals surface area contributed by atoms with E-state index in [0.717, 1.165) is 35.4 Å². The Bertz CT molecular complexity index is 1150. The highest BCUT2D eigenvalue weighted by molar-refractivity contribution is 5.97. The maximum atomic E-state index is 11.4. The highest BCUT2D eigenvalue weighted by Crippen LogP contribution is 2.23. The number of aliphatic imine (C=N–C) groups is 1. The van der Waals surface area contributed by atoms with E-state index >= 15 is 0 Å². The summed E-state index contributed by atoms with van der Waals surface area (Å²) in [7, 11) is 0. The Morgan fingerprint density at radius 2 is 1.77 bits per heavy atom. The number of aliphatic carboxylic acids is 1. The van der Waals surface area contributed by atoms with Gasteiger partial charge < -0.3 is 19.3 Å². The normalized spacial score (nSPS) is 13.9. The fourth-order valence-corrected chi connectivity index (χ4v) is 3.48. The van der Waals surface area contributed by atoms with E-state index in [2.05, 4.69) is 18.2 Å². The first-order valence-corrected chi connectivity index (χ1v) is 11.6. The van der Waals surface area contributed by atoms with E-state index in [0.29, 0.717) is 36.9 Å². The van der Waals surface area contributed by atoms with Crippen molar-refractivity contribution in [2.24, 2.45) is 4.99 Å². The van der Waals surface area contributed by atoms with Gasteiger partial charge >= 0.3 is 5.97 Å². The smallest absolute Gasteiger partial charge is 0.344 e. The van der Waals surface area contributed by atoms with Crippen LogP contribution in [0.1, 0.15) is 31.7 Å². The van der Waals surface area contributed by atoms with E-state index in [1.54, 1.807) is 24.3 Å². The van der Waals surface area contributed by atoms with Gasteiger partial charge in [-0.25, -0.2) is 9.79 Å². The Morgan fingerprint density at radius 1 is 1.06 bits per heavy atom. The molecule has 0 amide bonds. The second-order valence-electron chi connectivity index (χ2n) is 7.96. The van der Waals surface area contributed by atoms with Crippen molar-refractivity contribution in [3.8, 4) is 17.2 Å². The molecule has 0 saturated heterocycles. The highest BCUT2D eigenvalue weighted by Gasteiger charge is 2.18. The fourth-order valence-electron chi connectivity index (χ4n) is 3.48. The van der Waals surface area contributed by atoms with Gasteiger partial charge in [-0.1, -0.05) is 56.9 Å². The SMILES string of the molecule is C=CC1=C(C=C)N=C(COc2cccc(OCc3cccc(OC(CCC)C(=O)O)c3)c2)C=CC1. The minimum Gasteiger partial charge on any atom is -0.489 e. The van der Waals surface area contributed by atoms with Gasteiger partial charge in [-0.05, 0) is 60.4 Å². The molecule has 0 bridgehead atoms. The summed E-state index contributed by atoms with van der Waals surface area (Å²) in [5.74, 6) is 0.862. The molecule has 2 aromatic carbocycles. The number of carboxylic acids is 1. The Kier molecular flexibility index (Phi) is 9.49. The van der Waals surface area contributed by atoms with Crippen LogP contribution in [0.5, 0.6) is 17.2 Å². The van der Waals surface area contributed by atoms with Crippen LogP contribution >= 0.6 is 0 Å². The zero-order valence-electron chi connectivity index (χ0n) is 20.0. The molecule has 1 unspecified atom stereocenters. The molecule has 1 aliphatic rings. The van der Waals surface area contributed by atoms with E-state index < -0.39 is 12.1 Å². The van der Waals surface area contributed by atoms with E-state index in [4.69, 9.17) is 14.2 Å². The summed E-state index contributed by atoms with van der Waals surface area (Å²) >= 11 is 0. The van der Waals surface area contributed by atoms with Crippen molar-refractivity contribution in [1.29, 1.82) is 0 Å². The van der Waals surface area contributed by atoms with Gasteiger partial charge in [0.25, 0.3) is 0 Å². The van der Waals surface area contributed by atoms with Gasteiger partial charge in [0.2, 0.25) is 0 Å². The minimum absolute atomic E-state index is 0.305. The van der Waals surface area contributed by atoms with Crippen molar-refractivity contribution in [2.45, 2.75) is 38.9 Å². The summed E-state index contributed by atoms with van der Waals surface area (Å²) in [6.07, 6.45) is 8.58. The molecule has 1 aliphatic heterocycles. The molecule has 6 nitrogen and oxygen atoms in total. The molecule has 1 heterocycles. The van der Waals surface area contributed by atoms with Crippen LogP contribution in [-0.2, 0) is 11.4 Å². The number of hydrogen-bond donors (Lipinski definition) is 1. The number of ether oxygens (including phenoxy) is 3. The Morgan fingerprint density at radius 3 is 2.46 bits per heavy atom. The topological polar surface area (TPSA) is 77.3 Å². The largest absolute Gasteiger partial charge is 0.489 e. The predicted octanol–water partition coefficient (Wildman–Crippen LogP) is 6.30. The lowest BCUT2D eigenvalue weighted by Crippen LogP contribution is -2.26. The maximum Gasteiger partial charge on any atom is 0.344 e. The molecule has 6 heteroatoms. The average Bonchev–Trinajstić information content (AvgIpc) is 3.08. The summed E-state index contributed by atoms with van der Waals surface area (Å²) in [6.45, 7) is 10.2. The molecule has 0 fully saturated rings. The first-order chi connectivity index (χ1) is 17.0. The molecule has 0 aromatic heterocycles. The van der Waals surface area contributed by atoms with Gasteiger partial charge in [-0.3, -0.25) is 0 Å². The van der Waals surface area contributed by atoms with Crippen LogP contribution in [0.3, 0.4) is 0 Å². The molecule has 0 saturated carbocycles. The van der Waals surface area contributed by atoms with Gasteiger partial charge in [-0.15, -0.1) is 0 Å². The van der Waals surface area contributed by atoms with Gasteiger partial charge in [0, 0.05) is 6.07 Å². The van der Waals surface area contributed by atoms with Crippen molar-refractivity contribution >= 4 is 11.7 Å². The Hall–Kier alpha value is -4.06. The number of allylic oxidation sites excluding steroid dienone is 4. The van der Waals surface area contributed by atoms with Crippen LogP contribution in [0.15, 0.2) is 102 Å².